The van der Waals surface area contributed by atoms with E-state index in [0.29, 0.717) is 53.6 Å². The average Bonchev–Trinajstić information content (AvgIpc) is 3.84. The van der Waals surface area contributed by atoms with Crippen molar-refractivity contribution in [1.82, 2.24) is 15.5 Å². The molecular weight excluding hydrogens is 677 g/mol. The van der Waals surface area contributed by atoms with E-state index in [2.05, 4.69) is 24.5 Å². The first-order valence-electron chi connectivity index (χ1n) is 17.1. The number of fused-ring (bicyclic) bond motifs is 1. The summed E-state index contributed by atoms with van der Waals surface area (Å²) in [6.45, 7) is 6.33. The molecule has 2 atom stereocenters. The van der Waals surface area contributed by atoms with Crippen molar-refractivity contribution < 1.29 is 36.6 Å². The highest BCUT2D eigenvalue weighted by atomic mass is 35.5. The number of benzene rings is 3. The van der Waals surface area contributed by atoms with E-state index in [1.165, 1.54) is 6.07 Å². The lowest BCUT2D eigenvalue weighted by Gasteiger charge is -2.36. The van der Waals surface area contributed by atoms with Crippen LogP contribution in [0.25, 0.3) is 0 Å². The lowest BCUT2D eigenvalue weighted by molar-refractivity contribution is -0.137. The Morgan fingerprint density at radius 3 is 2.26 bits per heavy atom. The Morgan fingerprint density at radius 1 is 1.00 bits per heavy atom. The number of aliphatic hydroxyl groups excluding tert-OH is 1. The van der Waals surface area contributed by atoms with Crippen LogP contribution in [0.3, 0.4) is 0 Å². The summed E-state index contributed by atoms with van der Waals surface area (Å²) >= 11 is 0. The number of nitrogens with zero attached hydrogens (tertiary/aromatic N) is 1. The van der Waals surface area contributed by atoms with Gasteiger partial charge < -0.3 is 20.6 Å². The molecule has 272 valence electrons. The molecular formula is C38H45ClF5N3O3. The molecule has 1 aliphatic heterocycles. The van der Waals surface area contributed by atoms with Gasteiger partial charge in [0.15, 0.2) is 0 Å². The maximum absolute atomic E-state index is 14.2. The zero-order chi connectivity index (χ0) is 35.5. The van der Waals surface area contributed by atoms with Crippen LogP contribution in [0.5, 0.6) is 0 Å². The molecule has 2 aliphatic rings. The summed E-state index contributed by atoms with van der Waals surface area (Å²) in [4.78, 5) is 29.6. The van der Waals surface area contributed by atoms with Crippen molar-refractivity contribution in [1.29, 1.82) is 0 Å². The molecule has 3 aromatic carbocycles. The van der Waals surface area contributed by atoms with Gasteiger partial charge in [0, 0.05) is 41.9 Å². The molecule has 3 aromatic rings. The third-order valence-corrected chi connectivity index (χ3v) is 9.72. The molecule has 1 aliphatic carbocycles. The third kappa shape index (κ3) is 9.03. The van der Waals surface area contributed by atoms with Gasteiger partial charge in [-0.1, -0.05) is 38.8 Å². The first-order valence-corrected chi connectivity index (χ1v) is 17.1. The number of hydrogen-bond donors (Lipinski definition) is 3. The lowest BCUT2D eigenvalue weighted by atomic mass is 9.89. The molecule has 0 unspecified atom stereocenters. The van der Waals surface area contributed by atoms with Crippen molar-refractivity contribution >= 4 is 24.2 Å². The van der Waals surface area contributed by atoms with Crippen LogP contribution in [0, 0.1) is 18.6 Å². The van der Waals surface area contributed by atoms with Crippen molar-refractivity contribution in [2.45, 2.75) is 102 Å². The van der Waals surface area contributed by atoms with E-state index in [1.807, 2.05) is 4.90 Å². The number of alkyl halides is 3. The molecule has 6 nitrogen and oxygen atoms in total. The Morgan fingerprint density at radius 2 is 1.66 bits per heavy atom. The number of aliphatic hydroxyl groups is 1. The quantitative estimate of drug-likeness (QED) is 0.149. The van der Waals surface area contributed by atoms with Gasteiger partial charge in [-0.15, -0.1) is 12.4 Å². The van der Waals surface area contributed by atoms with Gasteiger partial charge in [-0.05, 0) is 104 Å². The highest BCUT2D eigenvalue weighted by Gasteiger charge is 2.45. The fourth-order valence-electron chi connectivity index (χ4n) is 7.08. The van der Waals surface area contributed by atoms with Crippen molar-refractivity contribution in [2.24, 2.45) is 0 Å². The van der Waals surface area contributed by atoms with E-state index in [9.17, 15) is 36.6 Å². The van der Waals surface area contributed by atoms with Crippen LogP contribution in [0.2, 0.25) is 0 Å². The predicted molar refractivity (Wildman–Crippen MR) is 184 cm³/mol. The highest BCUT2D eigenvalue weighted by Crippen LogP contribution is 2.46. The monoisotopic (exact) mass is 721 g/mol. The second-order valence-corrected chi connectivity index (χ2v) is 13.5. The van der Waals surface area contributed by atoms with Crippen LogP contribution >= 0.6 is 12.4 Å². The van der Waals surface area contributed by atoms with Crippen LogP contribution in [0.15, 0.2) is 54.6 Å². The molecule has 0 radical (unpaired) electrons. The molecule has 0 aromatic heterocycles. The smallest absolute Gasteiger partial charge is 0.390 e. The van der Waals surface area contributed by atoms with Gasteiger partial charge >= 0.3 is 6.18 Å². The second kappa shape index (κ2) is 16.2. The van der Waals surface area contributed by atoms with Gasteiger partial charge in [-0.3, -0.25) is 9.59 Å². The number of nitrogens with one attached hydrogen (secondary N) is 2. The number of carbonyl (C=O) groups is 2. The summed E-state index contributed by atoms with van der Waals surface area (Å²) in [7, 11) is 0. The van der Waals surface area contributed by atoms with Crippen LogP contribution < -0.4 is 10.6 Å². The van der Waals surface area contributed by atoms with Crippen molar-refractivity contribution in [3.63, 3.8) is 0 Å². The first-order chi connectivity index (χ1) is 23.2. The molecule has 50 heavy (non-hydrogen) atoms. The molecule has 0 saturated heterocycles. The first kappa shape index (κ1) is 39.2. The van der Waals surface area contributed by atoms with E-state index in [0.717, 1.165) is 56.0 Å². The maximum Gasteiger partial charge on any atom is 0.416 e. The van der Waals surface area contributed by atoms with Gasteiger partial charge in [-0.2, -0.15) is 13.2 Å². The van der Waals surface area contributed by atoms with Crippen LogP contribution in [0.4, 0.5) is 22.0 Å². The van der Waals surface area contributed by atoms with E-state index in [-0.39, 0.29) is 42.9 Å². The third-order valence-electron chi connectivity index (χ3n) is 9.72. The van der Waals surface area contributed by atoms with Crippen LogP contribution in [0.1, 0.15) is 101 Å². The molecule has 1 fully saturated rings. The van der Waals surface area contributed by atoms with E-state index in [1.54, 1.807) is 25.1 Å². The number of hydrogen-bond acceptors (Lipinski definition) is 4. The molecule has 5 rings (SSSR count). The van der Waals surface area contributed by atoms with Gasteiger partial charge in [0.1, 0.15) is 11.6 Å². The molecule has 0 bridgehead atoms. The Labute approximate surface area is 296 Å². The van der Waals surface area contributed by atoms with E-state index < -0.39 is 47.0 Å². The maximum atomic E-state index is 14.2. The molecule has 12 heteroatoms. The zero-order valence-electron chi connectivity index (χ0n) is 28.5. The SMILES string of the molecule is CCCC(CCC)N1CCc2c(C(=O)N[C@@H](Cc3cc(F)cc(F)c3)[C@@H](O)CNC3(c4cccc(C(F)(F)F)c4)CC3)cc(C)cc2C1=O.Cl. The van der Waals surface area contributed by atoms with Gasteiger partial charge in [0.25, 0.3) is 11.8 Å². The number of rotatable bonds is 14. The van der Waals surface area contributed by atoms with Gasteiger partial charge in [-0.25, -0.2) is 8.78 Å². The average molecular weight is 722 g/mol. The predicted octanol–water partition coefficient (Wildman–Crippen LogP) is 7.66. The van der Waals surface area contributed by atoms with E-state index in [4.69, 9.17) is 0 Å². The van der Waals surface area contributed by atoms with Gasteiger partial charge in [0.2, 0.25) is 0 Å². The van der Waals surface area contributed by atoms with Gasteiger partial charge in [0.05, 0.1) is 17.7 Å². The number of amides is 2. The summed E-state index contributed by atoms with van der Waals surface area (Å²) < 4.78 is 68.6. The Hall–Kier alpha value is -3.54. The molecule has 0 spiro atoms. The molecule has 1 heterocycles. The lowest BCUT2D eigenvalue weighted by Crippen LogP contribution is -2.50. The number of aryl methyl sites for hydroxylation is 1. The van der Waals surface area contributed by atoms with Crippen molar-refractivity contribution in [3.8, 4) is 0 Å². The molecule has 2 amide bonds. The topological polar surface area (TPSA) is 81.7 Å². The number of halogens is 6. The fraction of sp³-hybridized carbons (Fsp3) is 0.474. The Kier molecular flexibility index (Phi) is 12.7. The summed E-state index contributed by atoms with van der Waals surface area (Å²) in [6, 6.07) is 10.6. The minimum atomic E-state index is -4.51. The van der Waals surface area contributed by atoms with Crippen molar-refractivity contribution in [3.05, 3.63) is 105 Å². The fourth-order valence-corrected chi connectivity index (χ4v) is 7.08. The van der Waals surface area contributed by atoms with Crippen LogP contribution in [-0.4, -0.2) is 53.1 Å². The number of carbonyl (C=O) groups excluding carboxylic acids is 2. The molecule has 3 N–H and O–H groups in total. The second-order valence-electron chi connectivity index (χ2n) is 13.5. The summed E-state index contributed by atoms with van der Waals surface area (Å²) in [5, 5.41) is 17.5. The normalized spacial score (nSPS) is 16.4. The largest absolute Gasteiger partial charge is 0.416 e. The summed E-state index contributed by atoms with van der Waals surface area (Å²) in [5.41, 5.74) is 1.18. The molecule has 1 saturated carbocycles. The van der Waals surface area contributed by atoms with E-state index >= 15 is 0 Å². The Balaban J connectivity index is 0.00000562. The van der Waals surface area contributed by atoms with Crippen molar-refractivity contribution in [2.75, 3.05) is 13.1 Å². The summed E-state index contributed by atoms with van der Waals surface area (Å²) in [6.07, 6.45) is -0.709. The van der Waals surface area contributed by atoms with Crippen LogP contribution in [-0.2, 0) is 24.6 Å². The minimum absolute atomic E-state index is 0. The minimum Gasteiger partial charge on any atom is -0.390 e. The highest BCUT2D eigenvalue weighted by molar-refractivity contribution is 6.03. The summed E-state index contributed by atoms with van der Waals surface area (Å²) in [5.74, 6) is -2.28. The Bertz CT molecular complexity index is 1650. The standard InChI is InChI=1S/C38H44F5N3O3.ClH/c1-4-7-29(8-5-2)46-14-11-30-31(15-23(3)16-32(30)36(46)49)35(48)45-33(19-24-17-27(39)21-28(40)18-24)34(47)22-44-37(12-13-37)25-9-6-10-26(20-25)38(41,42)43;/h6,9-10,15-18,20-21,29,33-34,44,47H,4-5,7-8,11-14,19,22H2,1-3H3,(H,45,48);1H/t33-,34-;/m0./s1. The zero-order valence-corrected chi connectivity index (χ0v) is 29.3.